The van der Waals surface area contributed by atoms with Crippen LogP contribution in [0.2, 0.25) is 0 Å². The summed E-state index contributed by atoms with van der Waals surface area (Å²) < 4.78 is 13.7. The highest BCUT2D eigenvalue weighted by atomic mass is 32.2. The third-order valence-corrected chi connectivity index (χ3v) is 8.09. The van der Waals surface area contributed by atoms with Gasteiger partial charge in [-0.15, -0.1) is 11.3 Å². The van der Waals surface area contributed by atoms with E-state index < -0.39 is 0 Å². The van der Waals surface area contributed by atoms with Crippen molar-refractivity contribution < 1.29 is 19.1 Å². The van der Waals surface area contributed by atoms with Crippen LogP contribution in [0.5, 0.6) is 0 Å². The van der Waals surface area contributed by atoms with E-state index in [9.17, 15) is 14.4 Å². The number of methoxy groups -OCH3 is 1. The molecule has 11 heteroatoms. The number of thiophene rings is 1. The third kappa shape index (κ3) is 6.84. The molecular formula is C25H32N4O5S2. The zero-order chi connectivity index (χ0) is 25.3. The molecule has 0 bridgehead atoms. The maximum absolute atomic E-state index is 13.5. The second-order valence-corrected chi connectivity index (χ2v) is 10.6. The number of nitrogens with one attached hydrogen (secondary N) is 2. The fraction of sp³-hybridized carbons (Fsp3) is 0.520. The zero-order valence-electron chi connectivity index (χ0n) is 20.4. The van der Waals surface area contributed by atoms with Gasteiger partial charge in [-0.2, -0.15) is 0 Å². The molecule has 1 fully saturated rings. The predicted molar refractivity (Wildman–Crippen MR) is 143 cm³/mol. The number of hydrogen-bond acceptors (Lipinski definition) is 8. The van der Waals surface area contributed by atoms with Gasteiger partial charge in [0.1, 0.15) is 4.70 Å². The normalized spacial score (nSPS) is 15.5. The highest BCUT2D eigenvalue weighted by Crippen LogP contribution is 2.31. The van der Waals surface area contributed by atoms with Crippen molar-refractivity contribution in [1.29, 1.82) is 0 Å². The fourth-order valence-corrected chi connectivity index (χ4v) is 6.04. The molecule has 2 N–H and O–H groups in total. The van der Waals surface area contributed by atoms with Crippen LogP contribution in [0.15, 0.2) is 34.2 Å². The molecule has 4 rings (SSSR count). The second-order valence-electron chi connectivity index (χ2n) is 8.65. The number of fused-ring (bicyclic) bond motifs is 3. The molecule has 1 aliphatic heterocycles. The number of aromatic nitrogens is 2. The molecule has 0 radical (unpaired) electrons. The van der Waals surface area contributed by atoms with E-state index in [-0.39, 0.29) is 29.2 Å². The first-order valence-corrected chi connectivity index (χ1v) is 14.1. The molecule has 3 aromatic rings. The van der Waals surface area contributed by atoms with E-state index in [0.717, 1.165) is 36.0 Å². The maximum atomic E-state index is 13.5. The van der Waals surface area contributed by atoms with Crippen molar-refractivity contribution in [3.8, 4) is 0 Å². The van der Waals surface area contributed by atoms with E-state index in [1.807, 2.05) is 24.3 Å². The molecule has 0 aliphatic carbocycles. The van der Waals surface area contributed by atoms with Crippen molar-refractivity contribution in [1.82, 2.24) is 20.2 Å². The Morgan fingerprint density at radius 1 is 1.25 bits per heavy atom. The lowest BCUT2D eigenvalue weighted by Gasteiger charge is -2.13. The topological polar surface area (TPSA) is 112 Å². The molecule has 36 heavy (non-hydrogen) atoms. The number of rotatable bonds is 13. The van der Waals surface area contributed by atoms with Crippen LogP contribution in [-0.2, 0) is 25.6 Å². The summed E-state index contributed by atoms with van der Waals surface area (Å²) in [7, 11) is 1.63. The molecule has 1 saturated heterocycles. The van der Waals surface area contributed by atoms with Crippen molar-refractivity contribution in [2.24, 2.45) is 0 Å². The lowest BCUT2D eigenvalue weighted by Crippen LogP contribution is -2.32. The first-order chi connectivity index (χ1) is 17.6. The van der Waals surface area contributed by atoms with E-state index in [2.05, 4.69) is 10.6 Å². The van der Waals surface area contributed by atoms with E-state index in [1.54, 1.807) is 11.7 Å². The van der Waals surface area contributed by atoms with Crippen molar-refractivity contribution in [3.63, 3.8) is 0 Å². The van der Waals surface area contributed by atoms with Crippen LogP contribution < -0.4 is 16.2 Å². The number of amides is 2. The SMILES string of the molecule is COCCCNC(=O)CSc1nc2c(sc3ccccc32)c(=O)n1CCCC(=O)NC[C@@H]1CCCO1. The van der Waals surface area contributed by atoms with Crippen LogP contribution in [0, 0.1) is 0 Å². The average molecular weight is 533 g/mol. The first kappa shape index (κ1) is 26.6. The monoisotopic (exact) mass is 532 g/mol. The summed E-state index contributed by atoms with van der Waals surface area (Å²) in [6.07, 6.45) is 3.62. The average Bonchev–Trinajstić information content (AvgIpc) is 3.54. The Hall–Kier alpha value is -2.47. The molecule has 1 aromatic carbocycles. The highest BCUT2D eigenvalue weighted by Gasteiger charge is 2.18. The highest BCUT2D eigenvalue weighted by molar-refractivity contribution is 7.99. The van der Waals surface area contributed by atoms with Crippen molar-refractivity contribution in [3.05, 3.63) is 34.6 Å². The van der Waals surface area contributed by atoms with Gasteiger partial charge in [-0.05, 0) is 31.7 Å². The van der Waals surface area contributed by atoms with Crippen LogP contribution in [0.25, 0.3) is 20.3 Å². The Kier molecular flexibility index (Phi) is 9.74. The summed E-state index contributed by atoms with van der Waals surface area (Å²) in [6, 6.07) is 7.80. The van der Waals surface area contributed by atoms with Gasteiger partial charge in [-0.25, -0.2) is 4.98 Å². The van der Waals surface area contributed by atoms with Gasteiger partial charge in [0.05, 0.1) is 17.4 Å². The van der Waals surface area contributed by atoms with Gasteiger partial charge in [-0.3, -0.25) is 19.0 Å². The molecular weight excluding hydrogens is 500 g/mol. The van der Waals surface area contributed by atoms with Crippen molar-refractivity contribution in [2.75, 3.05) is 39.2 Å². The van der Waals surface area contributed by atoms with Gasteiger partial charge in [0.25, 0.3) is 5.56 Å². The quantitative estimate of drug-likeness (QED) is 0.198. The predicted octanol–water partition coefficient (Wildman–Crippen LogP) is 2.93. The first-order valence-electron chi connectivity index (χ1n) is 12.3. The maximum Gasteiger partial charge on any atom is 0.272 e. The van der Waals surface area contributed by atoms with Crippen LogP contribution >= 0.6 is 23.1 Å². The number of ether oxygens (including phenoxy) is 2. The smallest absolute Gasteiger partial charge is 0.272 e. The molecule has 1 aliphatic rings. The van der Waals surface area contributed by atoms with E-state index in [0.29, 0.717) is 54.5 Å². The summed E-state index contributed by atoms with van der Waals surface area (Å²) in [5.74, 6) is -0.0331. The minimum Gasteiger partial charge on any atom is -0.385 e. The minimum atomic E-state index is -0.135. The Bertz CT molecular complexity index is 1250. The van der Waals surface area contributed by atoms with Gasteiger partial charge >= 0.3 is 0 Å². The molecule has 9 nitrogen and oxygen atoms in total. The summed E-state index contributed by atoms with van der Waals surface area (Å²) >= 11 is 2.67. The van der Waals surface area contributed by atoms with Gasteiger partial charge in [0.2, 0.25) is 11.8 Å². The summed E-state index contributed by atoms with van der Waals surface area (Å²) in [6.45, 7) is 2.73. The van der Waals surface area contributed by atoms with Crippen LogP contribution in [0.4, 0.5) is 0 Å². The van der Waals surface area contributed by atoms with Gasteiger partial charge in [0.15, 0.2) is 5.16 Å². The van der Waals surface area contributed by atoms with Crippen LogP contribution in [0.3, 0.4) is 0 Å². The molecule has 2 amide bonds. The van der Waals surface area contributed by atoms with Gasteiger partial charge in [0, 0.05) is 56.5 Å². The number of thioether (sulfide) groups is 1. The lowest BCUT2D eigenvalue weighted by molar-refractivity contribution is -0.121. The van der Waals surface area contributed by atoms with Crippen molar-refractivity contribution >= 4 is 55.2 Å². The standard InChI is InChI=1S/C25H32N4O5S2/c1-33-13-6-11-26-21(31)16-35-25-28-22-18-8-2-3-9-19(18)36-23(22)24(32)29(25)12-4-10-20(30)27-15-17-7-5-14-34-17/h2-3,8-9,17H,4-7,10-16H2,1H3,(H,26,31)(H,27,30)/t17-/m0/s1. The minimum absolute atomic E-state index is 0.0564. The van der Waals surface area contributed by atoms with Gasteiger partial charge < -0.3 is 20.1 Å². The summed E-state index contributed by atoms with van der Waals surface area (Å²) in [5.41, 5.74) is 0.526. The molecule has 194 valence electrons. The van der Waals surface area contributed by atoms with Crippen LogP contribution in [0.1, 0.15) is 32.1 Å². The molecule has 0 unspecified atom stereocenters. The number of nitrogens with zero attached hydrogens (tertiary/aromatic N) is 2. The Balaban J connectivity index is 1.46. The Morgan fingerprint density at radius 3 is 2.92 bits per heavy atom. The lowest BCUT2D eigenvalue weighted by atomic mass is 10.2. The van der Waals surface area contributed by atoms with Gasteiger partial charge in [-0.1, -0.05) is 30.0 Å². The number of hydrogen-bond donors (Lipinski definition) is 2. The van der Waals surface area contributed by atoms with Crippen molar-refractivity contribution in [2.45, 2.75) is 49.9 Å². The number of carbonyl (C=O) groups excluding carboxylic acids is 2. The molecule has 0 spiro atoms. The second kappa shape index (κ2) is 13.2. The van der Waals surface area contributed by atoms with E-state index in [1.165, 1.54) is 23.1 Å². The molecule has 0 saturated carbocycles. The molecule has 3 heterocycles. The summed E-state index contributed by atoms with van der Waals surface area (Å²) in [4.78, 5) is 42.9. The van der Waals surface area contributed by atoms with Crippen LogP contribution in [-0.4, -0.2) is 66.6 Å². The Morgan fingerprint density at radius 2 is 2.11 bits per heavy atom. The largest absolute Gasteiger partial charge is 0.385 e. The fourth-order valence-electron chi connectivity index (χ4n) is 4.11. The third-order valence-electron chi connectivity index (χ3n) is 5.96. The number of benzene rings is 1. The Labute approximate surface area is 217 Å². The molecule has 1 atom stereocenters. The molecule has 2 aromatic heterocycles. The number of carbonyl (C=O) groups is 2. The zero-order valence-corrected chi connectivity index (χ0v) is 22.1. The van der Waals surface area contributed by atoms with E-state index >= 15 is 0 Å². The summed E-state index contributed by atoms with van der Waals surface area (Å²) in [5, 5.41) is 7.21. The van der Waals surface area contributed by atoms with E-state index in [4.69, 9.17) is 14.5 Å².